The van der Waals surface area contributed by atoms with Crippen molar-refractivity contribution in [2.24, 2.45) is 0 Å². The fourth-order valence-corrected chi connectivity index (χ4v) is 8.87. The number of aryl methyl sites for hydroxylation is 1. The second-order valence-corrected chi connectivity index (χ2v) is 33.1. The van der Waals surface area contributed by atoms with Crippen molar-refractivity contribution in [2.45, 2.75) is 174 Å². The monoisotopic (exact) mass is 745 g/mol. The van der Waals surface area contributed by atoms with Gasteiger partial charge in [0.25, 0.3) is 0 Å². The van der Waals surface area contributed by atoms with Gasteiger partial charge in [-0.2, -0.15) is 5.10 Å². The summed E-state index contributed by atoms with van der Waals surface area (Å²) in [6.07, 6.45) is 7.21. The average molecular weight is 746 g/mol. The summed E-state index contributed by atoms with van der Waals surface area (Å²) >= 11 is 0. The van der Waals surface area contributed by atoms with E-state index in [0.717, 1.165) is 31.4 Å². The third kappa shape index (κ3) is 8.63. The van der Waals surface area contributed by atoms with Crippen LogP contribution in [-0.2, 0) is 24.6 Å². The maximum Gasteiger partial charge on any atom is 0.192 e. The fraction of sp³-hybridized carbons (Fsp3) is 0.778. The number of nitrogen functional groups attached to an aromatic ring is 1. The number of fused-ring (bicyclic) bond motifs is 1. The standard InChI is InChI=1S/C36H67N7O4Si3/c1-17-18-19-20-42-22-25(21-39-42)31-40-30(37)27-32(41-31)43(24-38-27)33-29(47-50(15,16)36(8,9)10)28(46-49(13,14)35(5,6)7)26(45-33)23-44-48(11,12)34(2,3)4/h21-22,24,26,28-29,33H,17-20,23H2,1-16H3,(H2,37,40,41). The fourth-order valence-electron chi connectivity index (χ4n) is 5.25. The first-order chi connectivity index (χ1) is 22.8. The highest BCUT2D eigenvalue weighted by Crippen LogP contribution is 2.47. The molecule has 1 saturated heterocycles. The molecule has 3 aromatic rings. The number of unbranched alkanes of at least 4 members (excludes halogenated alkanes) is 2. The molecule has 4 heterocycles. The van der Waals surface area contributed by atoms with Crippen molar-refractivity contribution in [3.8, 4) is 11.4 Å². The maximum atomic E-state index is 7.37. The van der Waals surface area contributed by atoms with E-state index >= 15 is 0 Å². The molecule has 0 saturated carbocycles. The van der Waals surface area contributed by atoms with Gasteiger partial charge < -0.3 is 23.7 Å². The first-order valence-electron chi connectivity index (χ1n) is 18.5. The molecule has 4 atom stereocenters. The van der Waals surface area contributed by atoms with Crippen LogP contribution in [0.2, 0.25) is 54.4 Å². The van der Waals surface area contributed by atoms with Crippen molar-refractivity contribution >= 4 is 41.9 Å². The third-order valence-electron chi connectivity index (χ3n) is 11.8. The zero-order valence-corrected chi connectivity index (χ0v) is 37.0. The molecular weight excluding hydrogens is 679 g/mol. The van der Waals surface area contributed by atoms with Gasteiger partial charge in [0, 0.05) is 12.7 Å². The Morgan fingerprint density at radius 2 is 1.40 bits per heavy atom. The Bertz CT molecular complexity index is 1600. The number of nitrogens with zero attached hydrogens (tertiary/aromatic N) is 6. The lowest BCUT2D eigenvalue weighted by atomic mass is 10.1. The highest BCUT2D eigenvalue weighted by Gasteiger charge is 2.55. The Morgan fingerprint density at radius 1 is 0.820 bits per heavy atom. The number of hydrogen-bond acceptors (Lipinski definition) is 9. The molecule has 0 aliphatic carbocycles. The summed E-state index contributed by atoms with van der Waals surface area (Å²) in [5, 5.41) is 4.57. The largest absolute Gasteiger partial charge is 0.414 e. The van der Waals surface area contributed by atoms with E-state index in [2.05, 4.69) is 119 Å². The molecule has 0 bridgehead atoms. The van der Waals surface area contributed by atoms with Crippen LogP contribution >= 0.6 is 0 Å². The van der Waals surface area contributed by atoms with Crippen LogP contribution in [-0.4, -0.2) is 79.2 Å². The van der Waals surface area contributed by atoms with E-state index in [-0.39, 0.29) is 27.3 Å². The van der Waals surface area contributed by atoms with E-state index < -0.39 is 37.3 Å². The van der Waals surface area contributed by atoms with Crippen LogP contribution in [0.15, 0.2) is 18.7 Å². The Hall–Kier alpha value is -1.95. The molecule has 14 heteroatoms. The molecule has 11 nitrogen and oxygen atoms in total. The highest BCUT2D eigenvalue weighted by atomic mass is 28.4. The van der Waals surface area contributed by atoms with Gasteiger partial charge in [-0.15, -0.1) is 0 Å². The topological polar surface area (TPSA) is 124 Å². The lowest BCUT2D eigenvalue weighted by Gasteiger charge is -2.44. The van der Waals surface area contributed by atoms with Gasteiger partial charge in [0.15, 0.2) is 48.5 Å². The van der Waals surface area contributed by atoms with Gasteiger partial charge in [0.2, 0.25) is 0 Å². The first-order valence-corrected chi connectivity index (χ1v) is 27.2. The number of rotatable bonds is 13. The van der Waals surface area contributed by atoms with Crippen LogP contribution in [0, 0.1) is 0 Å². The number of aromatic nitrogens is 6. The second kappa shape index (κ2) is 14.5. The average Bonchev–Trinajstić information content (AvgIpc) is 3.68. The van der Waals surface area contributed by atoms with Gasteiger partial charge in [-0.25, -0.2) is 15.0 Å². The Morgan fingerprint density at radius 3 is 1.96 bits per heavy atom. The van der Waals surface area contributed by atoms with Crippen molar-refractivity contribution in [3.05, 3.63) is 18.7 Å². The predicted molar refractivity (Wildman–Crippen MR) is 212 cm³/mol. The molecule has 0 amide bonds. The molecule has 1 aliphatic rings. The molecule has 1 aliphatic heterocycles. The zero-order chi connectivity index (χ0) is 37.7. The minimum Gasteiger partial charge on any atom is -0.414 e. The number of nitrogens with two attached hydrogens (primary N) is 1. The SMILES string of the molecule is CCCCCn1cc(-c2nc(N)c3ncn(C4OC(CO[Si](C)(C)C(C)(C)C)C(O[Si](C)(C)C(C)(C)C)C4O[Si](C)(C)C(C)(C)C)c3n2)cn1. The van der Waals surface area contributed by atoms with Gasteiger partial charge >= 0.3 is 0 Å². The number of ether oxygens (including phenoxy) is 1. The molecule has 0 spiro atoms. The maximum absolute atomic E-state index is 7.37. The van der Waals surface area contributed by atoms with E-state index in [4.69, 9.17) is 33.7 Å². The van der Waals surface area contributed by atoms with E-state index in [1.165, 1.54) is 0 Å². The molecule has 4 unspecified atom stereocenters. The third-order valence-corrected chi connectivity index (χ3v) is 25.2. The van der Waals surface area contributed by atoms with Crippen LogP contribution in [0.25, 0.3) is 22.6 Å². The summed E-state index contributed by atoms with van der Waals surface area (Å²) in [4.78, 5) is 14.4. The second-order valence-electron chi connectivity index (χ2n) is 18.8. The van der Waals surface area contributed by atoms with Crippen LogP contribution in [0.5, 0.6) is 0 Å². The summed E-state index contributed by atoms with van der Waals surface area (Å²) in [6, 6.07) is 0. The van der Waals surface area contributed by atoms with Crippen molar-refractivity contribution in [2.75, 3.05) is 12.3 Å². The summed E-state index contributed by atoms with van der Waals surface area (Å²) in [5.41, 5.74) is 8.51. The molecule has 50 heavy (non-hydrogen) atoms. The van der Waals surface area contributed by atoms with Crippen molar-refractivity contribution in [1.29, 1.82) is 0 Å². The molecule has 282 valence electrons. The Balaban J connectivity index is 1.84. The van der Waals surface area contributed by atoms with Gasteiger partial charge in [-0.1, -0.05) is 82.1 Å². The van der Waals surface area contributed by atoms with Crippen LogP contribution in [0.3, 0.4) is 0 Å². The quantitative estimate of drug-likeness (QED) is 0.135. The summed E-state index contributed by atoms with van der Waals surface area (Å²) < 4.78 is 32.6. The Kier molecular flexibility index (Phi) is 11.8. The number of imidazole rings is 1. The van der Waals surface area contributed by atoms with Gasteiger partial charge in [-0.3, -0.25) is 9.25 Å². The molecule has 4 rings (SSSR count). The minimum absolute atomic E-state index is 0.0172. The van der Waals surface area contributed by atoms with E-state index in [9.17, 15) is 0 Å². The van der Waals surface area contributed by atoms with E-state index in [1.54, 1.807) is 12.5 Å². The Labute approximate surface area is 304 Å². The van der Waals surface area contributed by atoms with Crippen LogP contribution < -0.4 is 5.73 Å². The van der Waals surface area contributed by atoms with Crippen LogP contribution in [0.1, 0.15) is 94.7 Å². The van der Waals surface area contributed by atoms with E-state index in [0.29, 0.717) is 29.4 Å². The number of anilines is 1. The normalized spacial score (nSPS) is 21.4. The molecule has 2 N–H and O–H groups in total. The minimum atomic E-state index is -2.34. The van der Waals surface area contributed by atoms with Crippen LogP contribution in [0.4, 0.5) is 5.82 Å². The van der Waals surface area contributed by atoms with E-state index in [1.807, 2.05) is 15.4 Å². The summed E-state index contributed by atoms with van der Waals surface area (Å²) in [6.45, 7) is 37.6. The first kappa shape index (κ1) is 40.8. The number of hydrogen-bond donors (Lipinski definition) is 1. The summed E-state index contributed by atoms with van der Waals surface area (Å²) in [5.74, 6) is 0.819. The predicted octanol–water partition coefficient (Wildman–Crippen LogP) is 9.16. The molecular formula is C36H67N7O4Si3. The van der Waals surface area contributed by atoms with Crippen molar-refractivity contribution < 1.29 is 18.0 Å². The molecule has 3 aromatic heterocycles. The zero-order valence-electron chi connectivity index (χ0n) is 34.0. The molecule has 1 fully saturated rings. The van der Waals surface area contributed by atoms with Gasteiger partial charge in [0.1, 0.15) is 23.8 Å². The molecule has 0 aromatic carbocycles. The van der Waals surface area contributed by atoms with Crippen molar-refractivity contribution in [3.63, 3.8) is 0 Å². The summed E-state index contributed by atoms with van der Waals surface area (Å²) in [7, 11) is -6.74. The van der Waals surface area contributed by atoms with Gasteiger partial charge in [-0.05, 0) is 60.8 Å². The lowest BCUT2D eigenvalue weighted by molar-refractivity contribution is -0.0470. The smallest absolute Gasteiger partial charge is 0.192 e. The van der Waals surface area contributed by atoms with Gasteiger partial charge in [0.05, 0.1) is 24.7 Å². The van der Waals surface area contributed by atoms with Crippen molar-refractivity contribution in [1.82, 2.24) is 29.3 Å². The molecule has 0 radical (unpaired) electrons. The highest BCUT2D eigenvalue weighted by molar-refractivity contribution is 6.75. The lowest BCUT2D eigenvalue weighted by Crippen LogP contribution is -2.54.